The summed E-state index contributed by atoms with van der Waals surface area (Å²) in [5.74, 6) is -0.960. The number of hydrogen-bond acceptors (Lipinski definition) is 9. The first-order valence-corrected chi connectivity index (χ1v) is 15.5. The monoisotopic (exact) mass is 629 g/mol. The van der Waals surface area contributed by atoms with Crippen molar-refractivity contribution in [3.05, 3.63) is 90.0 Å². The van der Waals surface area contributed by atoms with Crippen LogP contribution >= 0.6 is 0 Å². The van der Waals surface area contributed by atoms with Crippen LogP contribution in [-0.2, 0) is 24.8 Å². The van der Waals surface area contributed by atoms with Gasteiger partial charge >= 0.3 is 0 Å². The molecule has 0 atom stereocenters. The van der Waals surface area contributed by atoms with Gasteiger partial charge in [0.1, 0.15) is 12.4 Å². The molecule has 43 heavy (non-hydrogen) atoms. The molecule has 4 rings (SSSR count). The zero-order valence-corrected chi connectivity index (χ0v) is 25.2. The van der Waals surface area contributed by atoms with E-state index in [1.54, 1.807) is 19.9 Å². The lowest BCUT2D eigenvalue weighted by molar-refractivity contribution is -0.114. The molecule has 0 spiro atoms. The summed E-state index contributed by atoms with van der Waals surface area (Å²) in [4.78, 5) is 20.9. The summed E-state index contributed by atoms with van der Waals surface area (Å²) in [6.45, 7) is 2.73. The fourth-order valence-electron chi connectivity index (χ4n) is 4.03. The third-order valence-electron chi connectivity index (χ3n) is 6.00. The highest BCUT2D eigenvalue weighted by molar-refractivity contribution is 7.93. The van der Waals surface area contributed by atoms with Crippen molar-refractivity contribution in [3.8, 4) is 11.5 Å². The molecule has 12 nitrogen and oxygen atoms in total. The van der Waals surface area contributed by atoms with Crippen LogP contribution in [0.3, 0.4) is 0 Å². The molecule has 4 aromatic rings. The number of benzene rings is 3. The lowest BCUT2D eigenvalue weighted by atomic mass is 10.3. The van der Waals surface area contributed by atoms with Crippen molar-refractivity contribution in [2.24, 2.45) is 0 Å². The van der Waals surface area contributed by atoms with Crippen LogP contribution in [0.15, 0.2) is 82.6 Å². The molecule has 226 valence electrons. The number of nitrogens with one attached hydrogen (secondary N) is 2. The average molecular weight is 630 g/mol. The van der Waals surface area contributed by atoms with Gasteiger partial charge in [-0.15, -0.1) is 0 Å². The van der Waals surface area contributed by atoms with Gasteiger partial charge in [0.05, 0.1) is 29.7 Å². The molecule has 0 aliphatic heterocycles. The molecule has 0 bridgehead atoms. The normalized spacial score (nSPS) is 11.5. The fourth-order valence-corrected chi connectivity index (χ4v) is 6.41. The maximum atomic E-state index is 13.7. The van der Waals surface area contributed by atoms with Gasteiger partial charge in [-0.1, -0.05) is 0 Å². The Morgan fingerprint density at radius 1 is 0.814 bits per heavy atom. The van der Waals surface area contributed by atoms with Gasteiger partial charge in [-0.25, -0.2) is 35.9 Å². The number of ether oxygens (including phenoxy) is 2. The molecule has 15 heteroatoms. The lowest BCUT2D eigenvalue weighted by Crippen LogP contribution is -2.38. The average Bonchev–Trinajstić information content (AvgIpc) is 2.95. The first kappa shape index (κ1) is 31.2. The van der Waals surface area contributed by atoms with Gasteiger partial charge in [0.2, 0.25) is 11.9 Å². The van der Waals surface area contributed by atoms with Crippen LogP contribution in [0.25, 0.3) is 0 Å². The van der Waals surface area contributed by atoms with Crippen LogP contribution in [0.1, 0.15) is 11.4 Å². The number of nitrogens with zero attached hydrogens (tertiary/aromatic N) is 3. The Morgan fingerprint density at radius 2 is 1.40 bits per heavy atom. The zero-order chi connectivity index (χ0) is 31.4. The molecule has 0 aliphatic carbocycles. The van der Waals surface area contributed by atoms with Crippen molar-refractivity contribution in [2.75, 3.05) is 35.1 Å². The molecule has 1 amide bonds. The Bertz CT molecular complexity index is 1830. The minimum absolute atomic E-state index is 0.0347. The van der Waals surface area contributed by atoms with E-state index in [1.807, 2.05) is 0 Å². The molecule has 0 fully saturated rings. The molecule has 0 radical (unpaired) electrons. The number of sulfonamides is 2. The van der Waals surface area contributed by atoms with Crippen molar-refractivity contribution >= 4 is 43.3 Å². The number of aromatic nitrogens is 2. The van der Waals surface area contributed by atoms with Crippen LogP contribution in [0.5, 0.6) is 11.5 Å². The van der Waals surface area contributed by atoms with Gasteiger partial charge in [0, 0.05) is 23.1 Å². The maximum Gasteiger partial charge on any atom is 0.264 e. The second-order valence-electron chi connectivity index (χ2n) is 9.16. The summed E-state index contributed by atoms with van der Waals surface area (Å²) < 4.78 is 80.2. The van der Waals surface area contributed by atoms with Crippen LogP contribution in [0.2, 0.25) is 0 Å². The van der Waals surface area contributed by atoms with E-state index in [1.165, 1.54) is 68.8 Å². The Hall–Kier alpha value is -4.76. The third-order valence-corrected chi connectivity index (χ3v) is 9.12. The second-order valence-corrected chi connectivity index (χ2v) is 12.7. The number of anilines is 3. The first-order chi connectivity index (χ1) is 20.3. The third kappa shape index (κ3) is 7.37. The maximum absolute atomic E-state index is 13.7. The van der Waals surface area contributed by atoms with Gasteiger partial charge < -0.3 is 14.8 Å². The summed E-state index contributed by atoms with van der Waals surface area (Å²) in [7, 11) is -5.64. The number of hydrogen-bond donors (Lipinski definition) is 2. The summed E-state index contributed by atoms with van der Waals surface area (Å²) >= 11 is 0. The highest BCUT2D eigenvalue weighted by Gasteiger charge is 2.28. The molecule has 0 unspecified atom stereocenters. The van der Waals surface area contributed by atoms with Crippen LogP contribution in [0, 0.1) is 19.7 Å². The number of methoxy groups -OCH3 is 2. The first-order valence-electron chi connectivity index (χ1n) is 12.6. The Labute approximate surface area is 248 Å². The van der Waals surface area contributed by atoms with E-state index < -0.39 is 38.3 Å². The lowest BCUT2D eigenvalue weighted by Gasteiger charge is -2.24. The standard InChI is InChI=1S/C28H28FN5O7S2/c1-18-15-19(2)31-28(30-18)33-42(36,37)23-11-7-21(8-12-23)32-27(35)17-34(22-9-5-20(29)6-10-22)43(38,39)24-13-14-25(40-3)26(16-24)41-4/h5-16H,17H2,1-4H3,(H,32,35)(H,30,31,33). The fraction of sp³-hybridized carbons (Fsp3) is 0.179. The zero-order valence-electron chi connectivity index (χ0n) is 23.5. The number of amides is 1. The summed E-state index contributed by atoms with van der Waals surface area (Å²) in [6, 6.07) is 15.5. The highest BCUT2D eigenvalue weighted by Crippen LogP contribution is 2.32. The van der Waals surface area contributed by atoms with E-state index in [4.69, 9.17) is 9.47 Å². The number of halogens is 1. The van der Waals surface area contributed by atoms with Crippen molar-refractivity contribution < 1.29 is 35.5 Å². The van der Waals surface area contributed by atoms with Crippen molar-refractivity contribution in [3.63, 3.8) is 0 Å². The number of carbonyl (C=O) groups is 1. The number of carbonyl (C=O) groups excluding carboxylic acids is 1. The smallest absolute Gasteiger partial charge is 0.264 e. The molecule has 0 saturated heterocycles. The highest BCUT2D eigenvalue weighted by atomic mass is 32.2. The van der Waals surface area contributed by atoms with E-state index in [9.17, 15) is 26.0 Å². The summed E-state index contributed by atoms with van der Waals surface area (Å²) in [6.07, 6.45) is 0. The molecule has 1 heterocycles. The Kier molecular flexibility index (Phi) is 9.16. The summed E-state index contributed by atoms with van der Waals surface area (Å²) in [5.41, 5.74) is 1.42. The predicted molar refractivity (Wildman–Crippen MR) is 158 cm³/mol. The molecule has 3 aromatic carbocycles. The minimum Gasteiger partial charge on any atom is -0.493 e. The van der Waals surface area contributed by atoms with Crippen molar-refractivity contribution in [1.82, 2.24) is 9.97 Å². The predicted octanol–water partition coefficient (Wildman–Crippen LogP) is 3.88. The van der Waals surface area contributed by atoms with E-state index in [0.717, 1.165) is 16.4 Å². The number of aryl methyl sites for hydroxylation is 2. The summed E-state index contributed by atoms with van der Waals surface area (Å²) in [5, 5.41) is 2.56. The molecule has 1 aromatic heterocycles. The second kappa shape index (κ2) is 12.6. The van der Waals surface area contributed by atoms with Crippen molar-refractivity contribution in [2.45, 2.75) is 23.6 Å². The quantitative estimate of drug-likeness (QED) is 0.251. The van der Waals surface area contributed by atoms with E-state index in [0.29, 0.717) is 17.1 Å². The largest absolute Gasteiger partial charge is 0.493 e. The number of rotatable bonds is 11. The topological polar surface area (TPSA) is 157 Å². The Morgan fingerprint density at radius 3 is 1.98 bits per heavy atom. The van der Waals surface area contributed by atoms with Crippen LogP contribution in [0.4, 0.5) is 21.7 Å². The van der Waals surface area contributed by atoms with Crippen LogP contribution in [-0.4, -0.2) is 53.5 Å². The van der Waals surface area contributed by atoms with Crippen LogP contribution < -0.4 is 23.8 Å². The van der Waals surface area contributed by atoms with Gasteiger partial charge in [-0.2, -0.15) is 0 Å². The molecule has 2 N–H and O–H groups in total. The van der Waals surface area contributed by atoms with Gasteiger partial charge in [-0.3, -0.25) is 9.10 Å². The van der Waals surface area contributed by atoms with E-state index >= 15 is 0 Å². The van der Waals surface area contributed by atoms with E-state index in [-0.39, 0.29) is 32.9 Å². The Balaban J connectivity index is 1.56. The molecular formula is C28H28FN5O7S2. The van der Waals surface area contributed by atoms with Crippen molar-refractivity contribution in [1.29, 1.82) is 0 Å². The van der Waals surface area contributed by atoms with E-state index in [2.05, 4.69) is 20.0 Å². The molecule has 0 aliphatic rings. The molecule has 0 saturated carbocycles. The SMILES string of the molecule is COc1ccc(S(=O)(=O)N(CC(=O)Nc2ccc(S(=O)(=O)Nc3nc(C)cc(C)n3)cc2)c2ccc(F)cc2)cc1OC. The molecular weight excluding hydrogens is 601 g/mol. The van der Waals surface area contributed by atoms with Gasteiger partial charge in [0.15, 0.2) is 11.5 Å². The van der Waals surface area contributed by atoms with Gasteiger partial charge in [0.25, 0.3) is 20.0 Å². The van der Waals surface area contributed by atoms with Gasteiger partial charge in [-0.05, 0) is 80.6 Å². The minimum atomic E-state index is -4.36.